The van der Waals surface area contributed by atoms with Crippen molar-refractivity contribution in [1.29, 1.82) is 0 Å². The van der Waals surface area contributed by atoms with Crippen LogP contribution in [-0.4, -0.2) is 30.5 Å². The molecule has 0 atom stereocenters. The van der Waals surface area contributed by atoms with Gasteiger partial charge in [0, 0.05) is 43.1 Å². The van der Waals surface area contributed by atoms with E-state index in [1.54, 1.807) is 6.07 Å². The van der Waals surface area contributed by atoms with Crippen molar-refractivity contribution >= 4 is 17.3 Å². The first-order valence-corrected chi connectivity index (χ1v) is 12.1. The van der Waals surface area contributed by atoms with Gasteiger partial charge >= 0.3 is 6.18 Å². The van der Waals surface area contributed by atoms with Gasteiger partial charge in [-0.05, 0) is 49.2 Å². The number of alkyl halides is 4. The lowest BCUT2D eigenvalue weighted by Gasteiger charge is -2.37. The molecule has 2 heterocycles. The SMILES string of the molecule is Fc1cccc(Cl)c1-c1noc(C2CC2)c1COCC1(F)CCN(c2ccc(C(F)(F)F)cc2)CC1. The van der Waals surface area contributed by atoms with Crippen molar-refractivity contribution in [2.75, 3.05) is 24.6 Å². The lowest BCUT2D eigenvalue weighted by molar-refractivity contribution is -0.137. The first-order valence-electron chi connectivity index (χ1n) is 11.8. The Morgan fingerprint density at radius 3 is 2.39 bits per heavy atom. The molecule has 1 aromatic heterocycles. The smallest absolute Gasteiger partial charge is 0.373 e. The number of benzene rings is 2. The molecule has 0 N–H and O–H groups in total. The third-order valence-electron chi connectivity index (χ3n) is 6.79. The standard InChI is InChI=1S/C26H24ClF5N2O2/c27-20-2-1-3-21(28)22(20)23-19(24(36-33-23)16-4-5-16)14-35-15-25(29)10-12-34(13-11-25)18-8-6-17(7-9-18)26(30,31)32/h1-3,6-9,16H,4-5,10-15H2. The number of ether oxygens (including phenoxy) is 1. The minimum absolute atomic E-state index is 0.00359. The van der Waals surface area contributed by atoms with E-state index in [1.807, 2.05) is 4.90 Å². The molecule has 2 aromatic carbocycles. The molecule has 4 nitrogen and oxygen atoms in total. The monoisotopic (exact) mass is 526 g/mol. The van der Waals surface area contributed by atoms with Gasteiger partial charge in [0.05, 0.1) is 29.4 Å². The van der Waals surface area contributed by atoms with Gasteiger partial charge in [0.2, 0.25) is 0 Å². The zero-order valence-electron chi connectivity index (χ0n) is 19.3. The van der Waals surface area contributed by atoms with Crippen molar-refractivity contribution in [2.24, 2.45) is 0 Å². The Hall–Kier alpha value is -2.65. The van der Waals surface area contributed by atoms with Gasteiger partial charge in [-0.25, -0.2) is 8.78 Å². The largest absolute Gasteiger partial charge is 0.416 e. The van der Waals surface area contributed by atoms with Crippen LogP contribution in [0.1, 0.15) is 48.5 Å². The van der Waals surface area contributed by atoms with Gasteiger partial charge in [-0.3, -0.25) is 0 Å². The molecule has 1 aliphatic carbocycles. The minimum atomic E-state index is -4.40. The van der Waals surface area contributed by atoms with Crippen molar-refractivity contribution in [1.82, 2.24) is 5.16 Å². The number of rotatable bonds is 7. The van der Waals surface area contributed by atoms with Crippen molar-refractivity contribution in [3.8, 4) is 11.3 Å². The van der Waals surface area contributed by atoms with E-state index in [-0.39, 0.29) is 48.3 Å². The van der Waals surface area contributed by atoms with E-state index < -0.39 is 23.2 Å². The molecule has 0 spiro atoms. The highest BCUT2D eigenvalue weighted by atomic mass is 35.5. The molecular formula is C26H24ClF5N2O2. The number of piperidine rings is 1. The molecule has 1 saturated heterocycles. The summed E-state index contributed by atoms with van der Waals surface area (Å²) >= 11 is 6.23. The fourth-order valence-electron chi connectivity index (χ4n) is 4.56. The van der Waals surface area contributed by atoms with Crippen LogP contribution in [0.5, 0.6) is 0 Å². The Bertz CT molecular complexity index is 1200. The number of hydrogen-bond donors (Lipinski definition) is 0. The van der Waals surface area contributed by atoms with Crippen LogP contribution < -0.4 is 4.90 Å². The van der Waals surface area contributed by atoms with E-state index >= 15 is 4.39 Å². The molecule has 36 heavy (non-hydrogen) atoms. The topological polar surface area (TPSA) is 38.5 Å². The molecule has 5 rings (SSSR count). The quantitative estimate of drug-likeness (QED) is 0.298. The van der Waals surface area contributed by atoms with Crippen LogP contribution in [0.3, 0.4) is 0 Å². The number of hydrogen-bond acceptors (Lipinski definition) is 4. The first kappa shape index (κ1) is 25.0. The Labute approximate surface area is 210 Å². The van der Waals surface area contributed by atoms with E-state index in [0.29, 0.717) is 30.1 Å². The van der Waals surface area contributed by atoms with Gasteiger partial charge in [-0.2, -0.15) is 13.2 Å². The predicted molar refractivity (Wildman–Crippen MR) is 125 cm³/mol. The summed E-state index contributed by atoms with van der Waals surface area (Å²) in [5.74, 6) is 0.271. The summed E-state index contributed by atoms with van der Waals surface area (Å²) in [6.07, 6.45) is -2.20. The van der Waals surface area contributed by atoms with Crippen molar-refractivity contribution in [3.05, 3.63) is 70.2 Å². The van der Waals surface area contributed by atoms with E-state index in [1.165, 1.54) is 24.3 Å². The summed E-state index contributed by atoms with van der Waals surface area (Å²) in [5, 5.41) is 4.27. The lowest BCUT2D eigenvalue weighted by atomic mass is 9.93. The first-order chi connectivity index (χ1) is 17.1. The van der Waals surface area contributed by atoms with Gasteiger partial charge in [0.1, 0.15) is 22.9 Å². The summed E-state index contributed by atoms with van der Waals surface area (Å²) in [6, 6.07) is 9.24. The molecule has 3 aromatic rings. The average Bonchev–Trinajstić information content (AvgIpc) is 3.60. The van der Waals surface area contributed by atoms with Crippen LogP contribution in [-0.2, 0) is 17.5 Å². The highest BCUT2D eigenvalue weighted by molar-refractivity contribution is 6.33. The second-order valence-corrected chi connectivity index (χ2v) is 9.83. The average molecular weight is 527 g/mol. The molecule has 192 valence electrons. The highest BCUT2D eigenvalue weighted by Crippen LogP contribution is 2.45. The summed E-state index contributed by atoms with van der Waals surface area (Å²) in [7, 11) is 0. The third kappa shape index (κ3) is 5.22. The summed E-state index contributed by atoms with van der Waals surface area (Å²) < 4.78 is 79.8. The van der Waals surface area contributed by atoms with Crippen LogP contribution in [0.2, 0.25) is 5.02 Å². The molecule has 0 amide bonds. The van der Waals surface area contributed by atoms with Crippen molar-refractivity contribution < 1.29 is 31.2 Å². The van der Waals surface area contributed by atoms with Crippen LogP contribution in [0, 0.1) is 5.82 Å². The van der Waals surface area contributed by atoms with E-state index in [9.17, 15) is 17.6 Å². The van der Waals surface area contributed by atoms with Gasteiger partial charge < -0.3 is 14.2 Å². The van der Waals surface area contributed by atoms with Gasteiger partial charge in [-0.1, -0.05) is 22.8 Å². The normalized spacial score (nSPS) is 18.0. The molecule has 0 radical (unpaired) electrons. The molecule has 0 unspecified atom stereocenters. The highest BCUT2D eigenvalue weighted by Gasteiger charge is 2.37. The van der Waals surface area contributed by atoms with E-state index in [0.717, 1.165) is 25.0 Å². The maximum absolute atomic E-state index is 15.5. The maximum Gasteiger partial charge on any atom is 0.416 e. The molecule has 1 aliphatic heterocycles. The Morgan fingerprint density at radius 1 is 1.08 bits per heavy atom. The summed E-state index contributed by atoms with van der Waals surface area (Å²) in [4.78, 5) is 1.86. The lowest BCUT2D eigenvalue weighted by Crippen LogP contribution is -2.44. The third-order valence-corrected chi connectivity index (χ3v) is 7.11. The minimum Gasteiger partial charge on any atom is -0.373 e. The Balaban J connectivity index is 1.23. The fraction of sp³-hybridized carbons (Fsp3) is 0.423. The molecule has 1 saturated carbocycles. The number of nitrogens with zero attached hydrogens (tertiary/aromatic N) is 2. The Kier molecular flexibility index (Phi) is 6.72. The summed E-state index contributed by atoms with van der Waals surface area (Å²) in [5.41, 5.74) is -0.703. The summed E-state index contributed by atoms with van der Waals surface area (Å²) in [6.45, 7) is 0.529. The maximum atomic E-state index is 15.5. The second-order valence-electron chi connectivity index (χ2n) is 9.42. The second kappa shape index (κ2) is 9.67. The van der Waals surface area contributed by atoms with Crippen molar-refractivity contribution in [2.45, 2.75) is 50.1 Å². The van der Waals surface area contributed by atoms with E-state index in [4.69, 9.17) is 20.9 Å². The van der Waals surface area contributed by atoms with Crippen LogP contribution in [0.15, 0.2) is 47.0 Å². The molecular weight excluding hydrogens is 503 g/mol. The predicted octanol–water partition coefficient (Wildman–Crippen LogP) is 7.56. The zero-order chi connectivity index (χ0) is 25.5. The molecule has 10 heteroatoms. The zero-order valence-corrected chi connectivity index (χ0v) is 20.0. The van der Waals surface area contributed by atoms with Gasteiger partial charge in [0.25, 0.3) is 0 Å². The molecule has 2 fully saturated rings. The Morgan fingerprint density at radius 2 is 1.78 bits per heavy atom. The van der Waals surface area contributed by atoms with Crippen LogP contribution >= 0.6 is 11.6 Å². The molecule has 0 bridgehead atoms. The van der Waals surface area contributed by atoms with Gasteiger partial charge in [-0.15, -0.1) is 0 Å². The van der Waals surface area contributed by atoms with E-state index in [2.05, 4.69) is 5.16 Å². The van der Waals surface area contributed by atoms with Crippen molar-refractivity contribution in [3.63, 3.8) is 0 Å². The van der Waals surface area contributed by atoms with Crippen LogP contribution in [0.25, 0.3) is 11.3 Å². The van der Waals surface area contributed by atoms with Gasteiger partial charge in [0.15, 0.2) is 0 Å². The fourth-order valence-corrected chi connectivity index (χ4v) is 4.81. The molecule has 2 aliphatic rings. The number of halogens is 6. The van der Waals surface area contributed by atoms with Crippen LogP contribution in [0.4, 0.5) is 27.6 Å². The number of aromatic nitrogens is 1. The number of anilines is 1.